The van der Waals surface area contributed by atoms with Crippen LogP contribution in [0.2, 0.25) is 0 Å². The van der Waals surface area contributed by atoms with Crippen molar-refractivity contribution in [2.45, 2.75) is 57.8 Å². The van der Waals surface area contributed by atoms with Gasteiger partial charge in [-0.2, -0.15) is 0 Å². The largest absolute Gasteiger partial charge is 0.300 e. The molecule has 19 heavy (non-hydrogen) atoms. The first-order chi connectivity index (χ1) is 9.25. The van der Waals surface area contributed by atoms with Crippen molar-refractivity contribution in [2.75, 3.05) is 0 Å². The Morgan fingerprint density at radius 1 is 1.16 bits per heavy atom. The zero-order valence-electron chi connectivity index (χ0n) is 11.9. The van der Waals surface area contributed by atoms with Crippen molar-refractivity contribution in [1.29, 1.82) is 0 Å². The SMILES string of the molecule is CC(=O)CC/C=C/c1ccc(C2CCCCC2)cc1. The first-order valence-electron chi connectivity index (χ1n) is 7.51. The third-order valence-electron chi connectivity index (χ3n) is 3.99. The Balaban J connectivity index is 1.88. The number of hydrogen-bond acceptors (Lipinski definition) is 1. The van der Waals surface area contributed by atoms with Crippen LogP contribution in [0.3, 0.4) is 0 Å². The molecule has 0 radical (unpaired) electrons. The van der Waals surface area contributed by atoms with Crippen LogP contribution in [-0.4, -0.2) is 5.78 Å². The lowest BCUT2D eigenvalue weighted by Gasteiger charge is -2.21. The zero-order valence-corrected chi connectivity index (χ0v) is 11.9. The van der Waals surface area contributed by atoms with Crippen LogP contribution >= 0.6 is 0 Å². The topological polar surface area (TPSA) is 17.1 Å². The number of rotatable bonds is 5. The summed E-state index contributed by atoms with van der Waals surface area (Å²) < 4.78 is 0. The summed E-state index contributed by atoms with van der Waals surface area (Å²) in [5.74, 6) is 1.04. The Morgan fingerprint density at radius 2 is 1.84 bits per heavy atom. The number of benzene rings is 1. The van der Waals surface area contributed by atoms with Crippen molar-refractivity contribution in [3.8, 4) is 0 Å². The van der Waals surface area contributed by atoms with Gasteiger partial charge in [-0.3, -0.25) is 0 Å². The highest BCUT2D eigenvalue weighted by Crippen LogP contribution is 2.32. The first-order valence-corrected chi connectivity index (χ1v) is 7.51. The lowest BCUT2D eigenvalue weighted by atomic mass is 9.84. The lowest BCUT2D eigenvalue weighted by Crippen LogP contribution is -2.04. The van der Waals surface area contributed by atoms with E-state index in [9.17, 15) is 4.79 Å². The van der Waals surface area contributed by atoms with Crippen LogP contribution < -0.4 is 0 Å². The van der Waals surface area contributed by atoms with Crippen molar-refractivity contribution >= 4 is 11.9 Å². The Hall–Kier alpha value is -1.37. The minimum atomic E-state index is 0.261. The van der Waals surface area contributed by atoms with Gasteiger partial charge in [-0.1, -0.05) is 55.7 Å². The normalized spacial score (nSPS) is 16.9. The number of allylic oxidation sites excluding steroid dienone is 1. The fourth-order valence-corrected chi connectivity index (χ4v) is 2.82. The van der Waals surface area contributed by atoms with E-state index in [1.54, 1.807) is 6.92 Å². The summed E-state index contributed by atoms with van der Waals surface area (Å²) in [5.41, 5.74) is 2.74. The van der Waals surface area contributed by atoms with Gasteiger partial charge in [0, 0.05) is 6.42 Å². The number of Topliss-reactive ketones (excluding diaryl/α,β-unsaturated/α-hetero) is 1. The molecule has 1 aromatic rings. The molecule has 0 saturated heterocycles. The third-order valence-corrected chi connectivity index (χ3v) is 3.99. The molecule has 1 nitrogen and oxygen atoms in total. The number of ketones is 1. The van der Waals surface area contributed by atoms with Crippen LogP contribution in [0.5, 0.6) is 0 Å². The number of carbonyl (C=O) groups is 1. The van der Waals surface area contributed by atoms with Crippen LogP contribution in [-0.2, 0) is 4.79 Å². The molecule has 0 N–H and O–H groups in total. The minimum absolute atomic E-state index is 0.261. The van der Waals surface area contributed by atoms with Gasteiger partial charge in [0.15, 0.2) is 0 Å². The van der Waals surface area contributed by atoms with E-state index in [-0.39, 0.29) is 5.78 Å². The molecule has 0 bridgehead atoms. The molecule has 0 amide bonds. The summed E-state index contributed by atoms with van der Waals surface area (Å²) in [4.78, 5) is 10.8. The van der Waals surface area contributed by atoms with Crippen LogP contribution in [0.1, 0.15) is 68.9 Å². The Labute approximate surface area is 116 Å². The molecule has 102 valence electrons. The van der Waals surface area contributed by atoms with Crippen LogP contribution in [0.25, 0.3) is 6.08 Å². The highest BCUT2D eigenvalue weighted by Gasteiger charge is 2.14. The maximum Gasteiger partial charge on any atom is 0.130 e. The predicted molar refractivity (Wildman–Crippen MR) is 81.2 cm³/mol. The molecule has 0 atom stereocenters. The Morgan fingerprint density at radius 3 is 2.47 bits per heavy atom. The molecule has 0 aromatic heterocycles. The summed E-state index contributed by atoms with van der Waals surface area (Å²) >= 11 is 0. The Bertz CT molecular complexity index is 422. The molecular weight excluding hydrogens is 232 g/mol. The molecule has 1 aliphatic carbocycles. The number of hydrogen-bond donors (Lipinski definition) is 0. The summed E-state index contributed by atoms with van der Waals surface area (Å²) in [6.45, 7) is 1.65. The van der Waals surface area contributed by atoms with Gasteiger partial charge in [0.25, 0.3) is 0 Å². The van der Waals surface area contributed by atoms with Gasteiger partial charge >= 0.3 is 0 Å². The van der Waals surface area contributed by atoms with E-state index in [2.05, 4.69) is 36.4 Å². The highest BCUT2D eigenvalue weighted by molar-refractivity contribution is 5.75. The van der Waals surface area contributed by atoms with Crippen LogP contribution in [0, 0.1) is 0 Å². The summed E-state index contributed by atoms with van der Waals surface area (Å²) in [6.07, 6.45) is 12.6. The fraction of sp³-hybridized carbons (Fsp3) is 0.500. The summed E-state index contributed by atoms with van der Waals surface area (Å²) in [7, 11) is 0. The molecule has 1 aliphatic rings. The van der Waals surface area contributed by atoms with Gasteiger partial charge in [-0.25, -0.2) is 0 Å². The minimum Gasteiger partial charge on any atom is -0.300 e. The van der Waals surface area contributed by atoms with E-state index in [1.165, 1.54) is 43.2 Å². The van der Waals surface area contributed by atoms with Gasteiger partial charge in [0.2, 0.25) is 0 Å². The van der Waals surface area contributed by atoms with Crippen molar-refractivity contribution in [3.05, 3.63) is 41.5 Å². The van der Waals surface area contributed by atoms with E-state index in [4.69, 9.17) is 0 Å². The smallest absolute Gasteiger partial charge is 0.130 e. The van der Waals surface area contributed by atoms with Crippen LogP contribution in [0.15, 0.2) is 30.3 Å². The molecule has 0 spiro atoms. The van der Waals surface area contributed by atoms with Gasteiger partial charge < -0.3 is 4.79 Å². The standard InChI is InChI=1S/C18H24O/c1-15(19)7-5-6-8-16-11-13-18(14-12-16)17-9-3-2-4-10-17/h6,8,11-14,17H,2-5,7,9-10H2,1H3/b8-6+. The fourth-order valence-electron chi connectivity index (χ4n) is 2.82. The monoisotopic (exact) mass is 256 g/mol. The van der Waals surface area contributed by atoms with Crippen molar-refractivity contribution in [2.24, 2.45) is 0 Å². The molecule has 1 aromatic carbocycles. The van der Waals surface area contributed by atoms with E-state index in [0.29, 0.717) is 6.42 Å². The van der Waals surface area contributed by atoms with Gasteiger partial charge in [-0.05, 0) is 43.2 Å². The molecule has 1 heteroatoms. The summed E-state index contributed by atoms with van der Waals surface area (Å²) in [6, 6.07) is 8.96. The van der Waals surface area contributed by atoms with E-state index < -0.39 is 0 Å². The van der Waals surface area contributed by atoms with Gasteiger partial charge in [-0.15, -0.1) is 0 Å². The van der Waals surface area contributed by atoms with Crippen molar-refractivity contribution in [3.63, 3.8) is 0 Å². The van der Waals surface area contributed by atoms with Gasteiger partial charge in [0.1, 0.15) is 5.78 Å². The molecule has 1 fully saturated rings. The van der Waals surface area contributed by atoms with E-state index >= 15 is 0 Å². The van der Waals surface area contributed by atoms with Gasteiger partial charge in [0.05, 0.1) is 0 Å². The maximum absolute atomic E-state index is 10.8. The molecule has 2 rings (SSSR count). The quantitative estimate of drug-likeness (QED) is 0.715. The summed E-state index contributed by atoms with van der Waals surface area (Å²) in [5, 5.41) is 0. The third kappa shape index (κ3) is 4.66. The highest BCUT2D eigenvalue weighted by atomic mass is 16.1. The average Bonchev–Trinajstić information content (AvgIpc) is 2.45. The van der Waals surface area contributed by atoms with E-state index in [0.717, 1.165) is 12.3 Å². The second kappa shape index (κ2) is 7.28. The second-order valence-electron chi connectivity index (χ2n) is 5.64. The van der Waals surface area contributed by atoms with Crippen molar-refractivity contribution < 1.29 is 4.79 Å². The average molecular weight is 256 g/mol. The van der Waals surface area contributed by atoms with Crippen LogP contribution in [0.4, 0.5) is 0 Å². The molecule has 0 heterocycles. The predicted octanol–water partition coefficient (Wildman–Crippen LogP) is 5.12. The zero-order chi connectivity index (χ0) is 13.5. The lowest BCUT2D eigenvalue weighted by molar-refractivity contribution is -0.116. The molecule has 0 unspecified atom stereocenters. The molecule has 0 aliphatic heterocycles. The second-order valence-corrected chi connectivity index (χ2v) is 5.64. The first kappa shape index (κ1) is 14.0. The number of carbonyl (C=O) groups excluding carboxylic acids is 1. The Kier molecular flexibility index (Phi) is 5.38. The molecule has 1 saturated carbocycles. The maximum atomic E-state index is 10.8. The van der Waals surface area contributed by atoms with Crippen molar-refractivity contribution in [1.82, 2.24) is 0 Å². The molecular formula is C18H24O. The van der Waals surface area contributed by atoms with E-state index in [1.807, 2.05) is 0 Å².